The molecular formula is C33H22N4. The van der Waals surface area contributed by atoms with Crippen LogP contribution in [-0.2, 0) is 6.42 Å². The second kappa shape index (κ2) is 7.77. The Bertz CT molecular complexity index is 1970. The SMILES string of the molecule is C1=Cc2cc3cc(-c4cccc5c4Cc4ccccc4-5)c(cc4nc(cc5ccc(cc1n2)[nH]5)C=C4)[nH]3. The number of rotatable bonds is 1. The molecule has 0 amide bonds. The maximum Gasteiger partial charge on any atom is 0.0658 e. The summed E-state index contributed by atoms with van der Waals surface area (Å²) in [5, 5.41) is 0. The van der Waals surface area contributed by atoms with Gasteiger partial charge in [-0.3, -0.25) is 0 Å². The number of nitrogens with one attached hydrogen (secondary N) is 2. The van der Waals surface area contributed by atoms with E-state index in [-0.39, 0.29) is 0 Å². The van der Waals surface area contributed by atoms with Crippen LogP contribution in [0.25, 0.3) is 68.6 Å². The Hall–Kier alpha value is -4.96. The number of hydrogen-bond acceptors (Lipinski definition) is 2. The lowest BCUT2D eigenvalue weighted by molar-refractivity contribution is 1.26. The van der Waals surface area contributed by atoms with Crippen molar-refractivity contribution in [3.8, 4) is 22.3 Å². The fourth-order valence-electron chi connectivity index (χ4n) is 5.65. The van der Waals surface area contributed by atoms with Gasteiger partial charge in [-0.25, -0.2) is 9.97 Å². The van der Waals surface area contributed by atoms with E-state index in [1.807, 2.05) is 0 Å². The summed E-state index contributed by atoms with van der Waals surface area (Å²) in [4.78, 5) is 16.8. The van der Waals surface area contributed by atoms with Crippen LogP contribution < -0.4 is 0 Å². The highest BCUT2D eigenvalue weighted by atomic mass is 14.8. The summed E-state index contributed by atoms with van der Waals surface area (Å²) in [6, 6.07) is 30.2. The molecule has 1 aliphatic carbocycles. The van der Waals surface area contributed by atoms with Gasteiger partial charge in [0.2, 0.25) is 0 Å². The van der Waals surface area contributed by atoms with E-state index in [0.717, 1.165) is 51.3 Å². The molecule has 0 radical (unpaired) electrons. The minimum Gasteiger partial charge on any atom is -0.355 e. The summed E-state index contributed by atoms with van der Waals surface area (Å²) in [5.74, 6) is 0. The Morgan fingerprint density at radius 1 is 0.486 bits per heavy atom. The predicted molar refractivity (Wildman–Crippen MR) is 153 cm³/mol. The van der Waals surface area contributed by atoms with E-state index in [1.54, 1.807) is 0 Å². The van der Waals surface area contributed by atoms with Crippen molar-refractivity contribution in [2.45, 2.75) is 6.42 Å². The first-order valence-corrected chi connectivity index (χ1v) is 12.5. The van der Waals surface area contributed by atoms with Crippen LogP contribution in [0.3, 0.4) is 0 Å². The first-order chi connectivity index (χ1) is 18.2. The summed E-state index contributed by atoms with van der Waals surface area (Å²) in [7, 11) is 0. The van der Waals surface area contributed by atoms with Crippen molar-refractivity contribution in [3.05, 3.63) is 119 Å². The lowest BCUT2D eigenvalue weighted by Crippen LogP contribution is -1.87. The first-order valence-electron chi connectivity index (χ1n) is 12.5. The highest BCUT2D eigenvalue weighted by molar-refractivity contribution is 5.93. The molecule has 4 nitrogen and oxygen atoms in total. The number of aromatic nitrogens is 4. The van der Waals surface area contributed by atoms with E-state index in [0.29, 0.717) is 0 Å². The van der Waals surface area contributed by atoms with Crippen molar-refractivity contribution in [1.29, 1.82) is 0 Å². The van der Waals surface area contributed by atoms with Crippen molar-refractivity contribution in [3.63, 3.8) is 0 Å². The fourth-order valence-corrected chi connectivity index (χ4v) is 5.65. The molecule has 2 N–H and O–H groups in total. The number of hydrogen-bond donors (Lipinski definition) is 2. The van der Waals surface area contributed by atoms with Gasteiger partial charge in [0.1, 0.15) is 0 Å². The molecule has 0 atom stereocenters. The molecule has 0 saturated carbocycles. The third-order valence-electron chi connectivity index (χ3n) is 7.31. The minimum absolute atomic E-state index is 0.926. The van der Waals surface area contributed by atoms with Gasteiger partial charge in [0.05, 0.1) is 22.8 Å². The number of H-pyrrole nitrogens is 2. The van der Waals surface area contributed by atoms with Crippen LogP contribution in [0.1, 0.15) is 33.9 Å². The van der Waals surface area contributed by atoms with Crippen LogP contribution in [0.5, 0.6) is 0 Å². The molecule has 4 heteroatoms. The summed E-state index contributed by atoms with van der Waals surface area (Å²) in [6.07, 6.45) is 9.19. The molecular weight excluding hydrogens is 452 g/mol. The van der Waals surface area contributed by atoms with E-state index < -0.39 is 0 Å². The minimum atomic E-state index is 0.926. The smallest absolute Gasteiger partial charge is 0.0658 e. The van der Waals surface area contributed by atoms with E-state index in [2.05, 4.69) is 119 Å². The Morgan fingerprint density at radius 3 is 1.81 bits per heavy atom. The predicted octanol–water partition coefficient (Wildman–Crippen LogP) is 7.89. The van der Waals surface area contributed by atoms with Crippen molar-refractivity contribution in [2.24, 2.45) is 0 Å². The molecule has 5 heterocycles. The van der Waals surface area contributed by atoms with Gasteiger partial charge in [0.15, 0.2) is 0 Å². The molecule has 3 aromatic heterocycles. The van der Waals surface area contributed by atoms with Gasteiger partial charge in [-0.15, -0.1) is 0 Å². The average molecular weight is 475 g/mol. The van der Waals surface area contributed by atoms with Crippen LogP contribution in [-0.4, -0.2) is 19.9 Å². The largest absolute Gasteiger partial charge is 0.355 e. The molecule has 3 aliphatic rings. The third-order valence-corrected chi connectivity index (χ3v) is 7.31. The van der Waals surface area contributed by atoms with Gasteiger partial charge in [-0.1, -0.05) is 42.5 Å². The maximum atomic E-state index is 4.87. The van der Waals surface area contributed by atoms with Crippen molar-refractivity contribution < 1.29 is 0 Å². The quantitative estimate of drug-likeness (QED) is 0.254. The zero-order valence-electron chi connectivity index (χ0n) is 20.0. The number of fused-ring (bicyclic) bond motifs is 11. The van der Waals surface area contributed by atoms with Gasteiger partial charge < -0.3 is 9.97 Å². The zero-order chi connectivity index (χ0) is 24.3. The van der Waals surface area contributed by atoms with Crippen LogP contribution in [0.2, 0.25) is 0 Å². The highest BCUT2D eigenvalue weighted by Gasteiger charge is 2.22. The average Bonchev–Trinajstić information content (AvgIpc) is 3.72. The molecule has 37 heavy (non-hydrogen) atoms. The molecule has 8 rings (SSSR count). The topological polar surface area (TPSA) is 57.4 Å². The van der Waals surface area contributed by atoms with E-state index in [4.69, 9.17) is 9.97 Å². The van der Waals surface area contributed by atoms with Crippen molar-refractivity contribution in [2.75, 3.05) is 0 Å². The lowest BCUT2D eigenvalue weighted by Gasteiger charge is -2.07. The molecule has 8 bridgehead atoms. The summed E-state index contributed by atoms with van der Waals surface area (Å²) in [6.45, 7) is 0. The summed E-state index contributed by atoms with van der Waals surface area (Å²) in [5.41, 5.74) is 15.7. The first kappa shape index (κ1) is 20.3. The number of aromatic amines is 2. The van der Waals surface area contributed by atoms with E-state index in [1.165, 1.54) is 33.4 Å². The Balaban J connectivity index is 1.41. The standard InChI is InChI=1S/C33H22N4/c1-2-5-28-20(4-1)14-31-29(28)6-3-7-30(31)32-18-27-17-25-11-10-23(35-25)15-21-8-9-22(34-21)16-24-12-13-26(36-24)19-33(32)37-27/h1-13,15-19,34,37H,14H2. The van der Waals surface area contributed by atoms with E-state index in [9.17, 15) is 0 Å². The Kier molecular flexibility index (Phi) is 4.25. The molecule has 2 aliphatic heterocycles. The number of benzene rings is 2. The molecule has 0 unspecified atom stereocenters. The Labute approximate surface area is 213 Å². The second-order valence-electron chi connectivity index (χ2n) is 9.75. The van der Waals surface area contributed by atoms with Gasteiger partial charge in [-0.2, -0.15) is 0 Å². The van der Waals surface area contributed by atoms with Crippen molar-refractivity contribution >= 4 is 46.4 Å². The van der Waals surface area contributed by atoms with Crippen LogP contribution in [0.4, 0.5) is 0 Å². The maximum absolute atomic E-state index is 4.87. The van der Waals surface area contributed by atoms with Crippen LogP contribution in [0, 0.1) is 0 Å². The molecule has 0 saturated heterocycles. The van der Waals surface area contributed by atoms with Crippen LogP contribution in [0.15, 0.2) is 84.9 Å². The normalized spacial score (nSPS) is 13.1. The lowest BCUT2D eigenvalue weighted by atomic mass is 9.96. The Morgan fingerprint density at radius 2 is 1.08 bits per heavy atom. The monoisotopic (exact) mass is 474 g/mol. The van der Waals surface area contributed by atoms with E-state index >= 15 is 0 Å². The molecule has 2 aromatic carbocycles. The van der Waals surface area contributed by atoms with Gasteiger partial charge in [-0.05, 0) is 101 Å². The molecule has 0 fully saturated rings. The number of nitrogens with zero attached hydrogens (tertiary/aromatic N) is 2. The summed E-state index contributed by atoms with van der Waals surface area (Å²) >= 11 is 0. The molecule has 5 aromatic rings. The molecule has 0 spiro atoms. The van der Waals surface area contributed by atoms with Gasteiger partial charge >= 0.3 is 0 Å². The highest BCUT2D eigenvalue weighted by Crippen LogP contribution is 2.42. The van der Waals surface area contributed by atoms with Crippen molar-refractivity contribution in [1.82, 2.24) is 19.9 Å². The molecule has 174 valence electrons. The third kappa shape index (κ3) is 3.46. The fraction of sp³-hybridized carbons (Fsp3) is 0.0303. The van der Waals surface area contributed by atoms with Gasteiger partial charge in [0, 0.05) is 27.6 Å². The second-order valence-corrected chi connectivity index (χ2v) is 9.75. The zero-order valence-corrected chi connectivity index (χ0v) is 20.0. The van der Waals surface area contributed by atoms with Gasteiger partial charge in [0.25, 0.3) is 0 Å². The summed E-state index contributed by atoms with van der Waals surface area (Å²) < 4.78 is 0. The van der Waals surface area contributed by atoms with Crippen LogP contribution >= 0.6 is 0 Å².